The van der Waals surface area contributed by atoms with Crippen molar-refractivity contribution >= 4 is 74.1 Å². The monoisotopic (exact) mass is 744 g/mol. The van der Waals surface area contributed by atoms with Gasteiger partial charge in [-0.1, -0.05) is 80.3 Å². The lowest BCUT2D eigenvalue weighted by Crippen LogP contribution is -2.41. The number of rotatable bonds is 7. The molecule has 0 radical (unpaired) electrons. The minimum absolute atomic E-state index is 0.0572. The van der Waals surface area contributed by atoms with E-state index in [4.69, 9.17) is 44.3 Å². The van der Waals surface area contributed by atoms with Gasteiger partial charge in [0.1, 0.15) is 12.4 Å². The topological polar surface area (TPSA) is 69.9 Å². The lowest BCUT2D eigenvalue weighted by atomic mass is 9.95. The van der Waals surface area contributed by atoms with Crippen LogP contribution in [0.1, 0.15) is 29.7 Å². The van der Waals surface area contributed by atoms with Crippen LogP contribution in [-0.2, 0) is 16.1 Å². The van der Waals surface area contributed by atoms with Crippen LogP contribution in [0.2, 0.25) is 15.1 Å². The van der Waals surface area contributed by atoms with Crippen LogP contribution in [0, 0.1) is 0 Å². The Labute approximate surface area is 275 Å². The fourth-order valence-corrected chi connectivity index (χ4v) is 6.46. The summed E-state index contributed by atoms with van der Waals surface area (Å²) in [5, 5.41) is 1.20. The molecule has 1 aliphatic rings. The van der Waals surface area contributed by atoms with E-state index in [1.54, 1.807) is 36.4 Å². The van der Waals surface area contributed by atoms with Gasteiger partial charge < -0.3 is 9.47 Å². The van der Waals surface area contributed by atoms with E-state index in [-0.39, 0.29) is 28.1 Å². The number of esters is 1. The van der Waals surface area contributed by atoms with Crippen LogP contribution in [-0.4, -0.2) is 23.3 Å². The average molecular weight is 747 g/mol. The molecule has 14 heteroatoms. The molecule has 6 nitrogen and oxygen atoms in total. The molecule has 3 aromatic carbocycles. The van der Waals surface area contributed by atoms with E-state index in [0.717, 1.165) is 15.9 Å². The highest BCUT2D eigenvalue weighted by Gasteiger charge is 2.45. The van der Waals surface area contributed by atoms with E-state index in [9.17, 15) is 22.8 Å². The maximum Gasteiger partial charge on any atom is 0.434 e. The molecule has 0 N–H and O–H groups in total. The van der Waals surface area contributed by atoms with E-state index in [1.165, 1.54) is 37.3 Å². The number of nitrogens with zero attached hydrogens (tertiary/aromatic N) is 2. The van der Waals surface area contributed by atoms with E-state index in [1.807, 2.05) is 0 Å². The number of halogens is 7. The Morgan fingerprint density at radius 2 is 1.77 bits per heavy atom. The Morgan fingerprint density at radius 3 is 2.43 bits per heavy atom. The second-order valence-corrected chi connectivity index (χ2v) is 12.5. The first-order valence-electron chi connectivity index (χ1n) is 12.8. The minimum Gasteiger partial charge on any atom is -0.488 e. The Hall–Kier alpha value is -3.09. The molecular weight excluding hydrogens is 728 g/mol. The van der Waals surface area contributed by atoms with E-state index in [2.05, 4.69) is 20.9 Å². The summed E-state index contributed by atoms with van der Waals surface area (Å²) in [7, 11) is 0. The molecular formula is C30H19BrCl3F3N2O4S. The number of allylic oxidation sites excluding steroid dienone is 1. The number of aromatic nitrogens is 1. The van der Waals surface area contributed by atoms with Gasteiger partial charge in [0.25, 0.3) is 5.56 Å². The lowest BCUT2D eigenvalue weighted by molar-refractivity contribution is -0.140. The largest absolute Gasteiger partial charge is 0.488 e. The lowest BCUT2D eigenvalue weighted by Gasteiger charge is -2.26. The molecule has 1 aromatic heterocycles. The van der Waals surface area contributed by atoms with Gasteiger partial charge in [0, 0.05) is 30.7 Å². The first kappa shape index (κ1) is 32.3. The summed E-state index contributed by atoms with van der Waals surface area (Å²) < 4.78 is 55.9. The number of hydrogen-bond acceptors (Lipinski definition) is 6. The van der Waals surface area contributed by atoms with Crippen molar-refractivity contribution in [1.29, 1.82) is 0 Å². The quantitative estimate of drug-likeness (QED) is 0.183. The third kappa shape index (κ3) is 6.77. The van der Waals surface area contributed by atoms with Crippen LogP contribution >= 0.6 is 62.1 Å². The first-order valence-corrected chi connectivity index (χ1v) is 15.5. The normalized spacial score (nSPS) is 15.2. The minimum atomic E-state index is -5.02. The standard InChI is InChI=1S/C30H19BrCl3F3N2O4S/c1-2-42-28(41)24-25(15-3-7-19(32)8-4-15)39-27(40)23(44-29(39)38-26(24)30(35,36)37)12-17-11-18(31)6-10-22(17)43-14-16-5-9-20(33)13-21(16)34/h3-13,25H,2,14H2,1H3/b23-12-/t25-/m1/s1. The van der Waals surface area contributed by atoms with Crippen molar-refractivity contribution in [1.82, 2.24) is 4.57 Å². The molecule has 1 atom stereocenters. The van der Waals surface area contributed by atoms with Crippen LogP contribution in [0.4, 0.5) is 13.2 Å². The predicted molar refractivity (Wildman–Crippen MR) is 167 cm³/mol. The fraction of sp³-hybridized carbons (Fsp3) is 0.167. The average Bonchev–Trinajstić information content (AvgIpc) is 3.27. The van der Waals surface area contributed by atoms with Crippen LogP contribution in [0.5, 0.6) is 5.75 Å². The Bertz CT molecular complexity index is 1980. The Morgan fingerprint density at radius 1 is 1.07 bits per heavy atom. The maximum absolute atomic E-state index is 14.4. The molecule has 0 unspecified atom stereocenters. The van der Waals surface area contributed by atoms with E-state index < -0.39 is 35.0 Å². The highest BCUT2D eigenvalue weighted by Crippen LogP contribution is 2.38. The van der Waals surface area contributed by atoms with Gasteiger partial charge in [-0.2, -0.15) is 13.2 Å². The summed E-state index contributed by atoms with van der Waals surface area (Å²) >= 11 is 22.5. The van der Waals surface area contributed by atoms with Gasteiger partial charge >= 0.3 is 12.1 Å². The first-order chi connectivity index (χ1) is 20.9. The molecule has 228 valence electrons. The number of carbonyl (C=O) groups is 1. The van der Waals surface area contributed by atoms with Crippen molar-refractivity contribution in [3.63, 3.8) is 0 Å². The van der Waals surface area contributed by atoms with Crippen LogP contribution in [0.3, 0.4) is 0 Å². The van der Waals surface area contributed by atoms with Gasteiger partial charge in [-0.25, -0.2) is 9.79 Å². The predicted octanol–water partition coefficient (Wildman–Crippen LogP) is 7.64. The van der Waals surface area contributed by atoms with Gasteiger partial charge in [0.15, 0.2) is 10.5 Å². The zero-order chi connectivity index (χ0) is 31.8. The summed E-state index contributed by atoms with van der Waals surface area (Å²) in [4.78, 5) is 30.5. The smallest absolute Gasteiger partial charge is 0.434 e. The van der Waals surface area contributed by atoms with Crippen LogP contribution < -0.4 is 19.6 Å². The molecule has 0 aliphatic carbocycles. The van der Waals surface area contributed by atoms with Crippen molar-refractivity contribution in [2.24, 2.45) is 4.99 Å². The molecule has 44 heavy (non-hydrogen) atoms. The van der Waals surface area contributed by atoms with Crippen molar-refractivity contribution in [2.45, 2.75) is 25.7 Å². The summed E-state index contributed by atoms with van der Waals surface area (Å²) in [6.45, 7) is 1.36. The van der Waals surface area contributed by atoms with Gasteiger partial charge in [-0.05, 0) is 61.0 Å². The molecule has 0 amide bonds. The molecule has 2 heterocycles. The molecule has 5 rings (SSSR count). The second kappa shape index (κ2) is 13.1. The van der Waals surface area contributed by atoms with Crippen LogP contribution in [0.15, 0.2) is 86.2 Å². The van der Waals surface area contributed by atoms with Gasteiger partial charge in [-0.3, -0.25) is 9.36 Å². The van der Waals surface area contributed by atoms with Gasteiger partial charge in [0.2, 0.25) is 0 Å². The van der Waals surface area contributed by atoms with Gasteiger partial charge in [-0.15, -0.1) is 0 Å². The third-order valence-corrected chi connectivity index (χ3v) is 8.75. The molecule has 1 aliphatic heterocycles. The van der Waals surface area contributed by atoms with Crippen molar-refractivity contribution in [3.8, 4) is 5.75 Å². The van der Waals surface area contributed by atoms with E-state index in [0.29, 0.717) is 36.4 Å². The fourth-order valence-electron chi connectivity index (χ4n) is 4.50. The third-order valence-electron chi connectivity index (χ3n) is 6.44. The number of carbonyl (C=O) groups excluding carboxylic acids is 1. The molecule has 0 spiro atoms. The van der Waals surface area contributed by atoms with Crippen molar-refractivity contribution in [2.75, 3.05) is 6.61 Å². The number of ether oxygens (including phenoxy) is 2. The van der Waals surface area contributed by atoms with Crippen molar-refractivity contribution in [3.05, 3.63) is 128 Å². The molecule has 0 saturated heterocycles. The second-order valence-electron chi connectivity index (χ2n) is 9.32. The summed E-state index contributed by atoms with van der Waals surface area (Å²) in [5.41, 5.74) is -1.56. The van der Waals surface area contributed by atoms with Crippen molar-refractivity contribution < 1.29 is 27.4 Å². The summed E-state index contributed by atoms with van der Waals surface area (Å²) in [6.07, 6.45) is -3.52. The Kier molecular flexibility index (Phi) is 9.62. The highest BCUT2D eigenvalue weighted by atomic mass is 79.9. The number of benzene rings is 3. The zero-order valence-electron chi connectivity index (χ0n) is 22.4. The van der Waals surface area contributed by atoms with Crippen LogP contribution in [0.25, 0.3) is 6.08 Å². The maximum atomic E-state index is 14.4. The number of alkyl halides is 3. The summed E-state index contributed by atoms with van der Waals surface area (Å²) in [5.74, 6) is -0.858. The van der Waals surface area contributed by atoms with E-state index >= 15 is 0 Å². The molecule has 0 bridgehead atoms. The number of fused-ring (bicyclic) bond motifs is 1. The molecule has 0 fully saturated rings. The summed E-state index contributed by atoms with van der Waals surface area (Å²) in [6, 6.07) is 14.4. The van der Waals surface area contributed by atoms with Gasteiger partial charge in [0.05, 0.1) is 22.8 Å². The SMILES string of the molecule is CCOC(=O)C1=C(C(F)(F)F)N=c2s/c(=C\c3cc(Br)ccc3OCc3ccc(Cl)cc3Cl)c(=O)n2[C@@H]1c1ccc(Cl)cc1. The molecule has 4 aromatic rings. The number of hydrogen-bond donors (Lipinski definition) is 0. The Balaban J connectivity index is 1.68. The zero-order valence-corrected chi connectivity index (χ0v) is 27.1. The molecule has 0 saturated carbocycles. The highest BCUT2D eigenvalue weighted by molar-refractivity contribution is 9.10. The number of thiazole rings is 1.